The van der Waals surface area contributed by atoms with E-state index in [4.69, 9.17) is 4.98 Å². The molecule has 0 radical (unpaired) electrons. The van der Waals surface area contributed by atoms with E-state index in [0.29, 0.717) is 11.6 Å². The molecule has 1 fully saturated rings. The zero-order valence-electron chi connectivity index (χ0n) is 21.9. The van der Waals surface area contributed by atoms with Gasteiger partial charge in [-0.1, -0.05) is 39.0 Å². The number of carbonyl (C=O) groups is 1. The third-order valence-electron chi connectivity index (χ3n) is 7.65. The van der Waals surface area contributed by atoms with Gasteiger partial charge in [-0.15, -0.1) is 0 Å². The number of fused-ring (bicyclic) bond motifs is 3. The molecule has 5 rings (SSSR count). The molecule has 1 saturated heterocycles. The second-order valence-corrected chi connectivity index (χ2v) is 9.76. The lowest BCUT2D eigenvalue weighted by Gasteiger charge is -2.35. The van der Waals surface area contributed by atoms with Gasteiger partial charge in [-0.2, -0.15) is 5.10 Å². The Kier molecular flexibility index (Phi) is 7.05. The van der Waals surface area contributed by atoms with Crippen molar-refractivity contribution in [2.45, 2.75) is 71.9 Å². The van der Waals surface area contributed by atoms with Crippen molar-refractivity contribution >= 4 is 17.5 Å². The van der Waals surface area contributed by atoms with E-state index in [-0.39, 0.29) is 12.1 Å². The molecule has 2 aliphatic rings. The third-order valence-corrected chi connectivity index (χ3v) is 7.65. The van der Waals surface area contributed by atoms with Crippen LogP contribution in [0.5, 0.6) is 0 Å². The Morgan fingerprint density at radius 3 is 2.61 bits per heavy atom. The second-order valence-electron chi connectivity index (χ2n) is 9.76. The maximum absolute atomic E-state index is 13.5. The van der Waals surface area contributed by atoms with Crippen LogP contribution in [0.15, 0.2) is 24.4 Å². The minimum absolute atomic E-state index is 0.154. The minimum atomic E-state index is -0.154. The van der Waals surface area contributed by atoms with Gasteiger partial charge in [0.1, 0.15) is 0 Å². The van der Waals surface area contributed by atoms with Gasteiger partial charge in [-0.25, -0.2) is 9.97 Å². The number of rotatable bonds is 7. The normalized spacial score (nSPS) is 17.4. The SMILES string of the molecule is CCc1cccc(CC)c1NC(=O)c1nn(C)c2c1CCc1cnc(NC3CCCCN3CC)nc1-2. The number of anilines is 2. The van der Waals surface area contributed by atoms with E-state index in [1.165, 1.54) is 12.8 Å². The Labute approximate surface area is 213 Å². The smallest absolute Gasteiger partial charge is 0.276 e. The third kappa shape index (κ3) is 4.50. The van der Waals surface area contributed by atoms with Gasteiger partial charge in [0.2, 0.25) is 5.95 Å². The first kappa shape index (κ1) is 24.4. The number of aryl methyl sites for hydroxylation is 4. The van der Waals surface area contributed by atoms with Crippen molar-refractivity contribution in [1.29, 1.82) is 0 Å². The summed E-state index contributed by atoms with van der Waals surface area (Å²) in [5.41, 5.74) is 7.56. The lowest BCUT2D eigenvalue weighted by atomic mass is 9.93. The number of hydrogen-bond donors (Lipinski definition) is 2. The number of benzene rings is 1. The summed E-state index contributed by atoms with van der Waals surface area (Å²) in [5, 5.41) is 11.4. The van der Waals surface area contributed by atoms with Crippen LogP contribution in [-0.2, 0) is 32.7 Å². The molecule has 0 spiro atoms. The van der Waals surface area contributed by atoms with Crippen LogP contribution < -0.4 is 10.6 Å². The molecule has 1 unspecified atom stereocenters. The van der Waals surface area contributed by atoms with Crippen molar-refractivity contribution in [1.82, 2.24) is 24.6 Å². The molecule has 0 saturated carbocycles. The molecule has 8 nitrogen and oxygen atoms in total. The number of nitrogens with zero attached hydrogens (tertiary/aromatic N) is 5. The second kappa shape index (κ2) is 10.4. The Hall–Kier alpha value is -3.26. The fourth-order valence-corrected chi connectivity index (χ4v) is 5.67. The molecule has 3 heterocycles. The molecular formula is C28H37N7O. The molecule has 0 bridgehead atoms. The van der Waals surface area contributed by atoms with E-state index >= 15 is 0 Å². The molecule has 3 aromatic rings. The predicted molar refractivity (Wildman–Crippen MR) is 143 cm³/mol. The fourth-order valence-electron chi connectivity index (χ4n) is 5.67. The molecule has 2 N–H and O–H groups in total. The van der Waals surface area contributed by atoms with Crippen LogP contribution in [0.1, 0.15) is 72.8 Å². The topological polar surface area (TPSA) is 88.0 Å². The first-order valence-corrected chi connectivity index (χ1v) is 13.4. The lowest BCUT2D eigenvalue weighted by molar-refractivity contribution is 0.102. The summed E-state index contributed by atoms with van der Waals surface area (Å²) in [6, 6.07) is 6.22. The summed E-state index contributed by atoms with van der Waals surface area (Å²) in [6.45, 7) is 8.54. The number of para-hydroxylation sites is 1. The van der Waals surface area contributed by atoms with E-state index in [2.05, 4.69) is 64.6 Å². The lowest BCUT2D eigenvalue weighted by Crippen LogP contribution is -2.44. The Balaban J connectivity index is 1.45. The number of nitrogens with one attached hydrogen (secondary N) is 2. The van der Waals surface area contributed by atoms with Crippen molar-refractivity contribution in [3.8, 4) is 11.4 Å². The standard InChI is InChI=1S/C28H37N7O/c1-5-18-11-10-12-19(6-2)23(18)31-27(36)25-21-15-14-20-17-29-28(32-24(20)26(21)34(4)33-25)30-22-13-8-9-16-35(22)7-3/h10-12,17,22H,5-9,13-16H2,1-4H3,(H,31,36)(H,29,30,32). The Bertz CT molecular complexity index is 1240. The first-order valence-electron chi connectivity index (χ1n) is 13.4. The highest BCUT2D eigenvalue weighted by molar-refractivity contribution is 6.05. The van der Waals surface area contributed by atoms with E-state index in [1.807, 2.05) is 17.9 Å². The molecule has 1 amide bonds. The average Bonchev–Trinajstić information content (AvgIpc) is 3.26. The van der Waals surface area contributed by atoms with Gasteiger partial charge in [0.15, 0.2) is 5.69 Å². The van der Waals surface area contributed by atoms with Crippen LogP contribution >= 0.6 is 0 Å². The van der Waals surface area contributed by atoms with Gasteiger partial charge in [-0.05, 0) is 68.2 Å². The van der Waals surface area contributed by atoms with Gasteiger partial charge in [0.05, 0.1) is 17.6 Å². The molecule has 36 heavy (non-hydrogen) atoms. The summed E-state index contributed by atoms with van der Waals surface area (Å²) < 4.78 is 1.81. The zero-order valence-corrected chi connectivity index (χ0v) is 21.9. The molecule has 8 heteroatoms. The van der Waals surface area contributed by atoms with Crippen molar-refractivity contribution in [3.63, 3.8) is 0 Å². The summed E-state index contributed by atoms with van der Waals surface area (Å²) in [7, 11) is 1.90. The average molecular weight is 488 g/mol. The first-order chi connectivity index (χ1) is 17.5. The molecule has 1 aliphatic heterocycles. The van der Waals surface area contributed by atoms with E-state index in [0.717, 1.165) is 84.5 Å². The summed E-state index contributed by atoms with van der Waals surface area (Å²) >= 11 is 0. The van der Waals surface area contributed by atoms with Crippen LogP contribution in [0.3, 0.4) is 0 Å². The van der Waals surface area contributed by atoms with Crippen LogP contribution in [0.2, 0.25) is 0 Å². The molecule has 2 aromatic heterocycles. The summed E-state index contributed by atoms with van der Waals surface area (Å²) in [4.78, 5) is 25.5. The summed E-state index contributed by atoms with van der Waals surface area (Å²) in [6.07, 6.45) is 9.00. The highest BCUT2D eigenvalue weighted by Gasteiger charge is 2.30. The number of aromatic nitrogens is 4. The van der Waals surface area contributed by atoms with Crippen molar-refractivity contribution in [2.75, 3.05) is 23.7 Å². The monoisotopic (exact) mass is 487 g/mol. The fraction of sp³-hybridized carbons (Fsp3) is 0.500. The highest BCUT2D eigenvalue weighted by atomic mass is 16.2. The molecular weight excluding hydrogens is 450 g/mol. The van der Waals surface area contributed by atoms with E-state index in [9.17, 15) is 4.79 Å². The summed E-state index contributed by atoms with van der Waals surface area (Å²) in [5.74, 6) is 0.489. The molecule has 1 atom stereocenters. The maximum Gasteiger partial charge on any atom is 0.276 e. The van der Waals surface area contributed by atoms with Crippen LogP contribution in [0, 0.1) is 0 Å². The number of piperidine rings is 1. The largest absolute Gasteiger partial charge is 0.339 e. The van der Waals surface area contributed by atoms with Gasteiger partial charge in [0, 0.05) is 31.0 Å². The number of likely N-dealkylation sites (tertiary alicyclic amines) is 1. The molecule has 1 aromatic carbocycles. The van der Waals surface area contributed by atoms with Crippen LogP contribution in [0.4, 0.5) is 11.6 Å². The number of hydrogen-bond acceptors (Lipinski definition) is 6. The van der Waals surface area contributed by atoms with Gasteiger partial charge < -0.3 is 10.6 Å². The minimum Gasteiger partial charge on any atom is -0.339 e. The Morgan fingerprint density at radius 2 is 1.89 bits per heavy atom. The van der Waals surface area contributed by atoms with Crippen molar-refractivity contribution < 1.29 is 4.79 Å². The molecule has 190 valence electrons. The van der Waals surface area contributed by atoms with E-state index < -0.39 is 0 Å². The van der Waals surface area contributed by atoms with Crippen molar-refractivity contribution in [3.05, 3.63) is 52.3 Å². The number of amides is 1. The van der Waals surface area contributed by atoms with E-state index in [1.54, 1.807) is 0 Å². The van der Waals surface area contributed by atoms with Gasteiger partial charge in [-0.3, -0.25) is 14.4 Å². The maximum atomic E-state index is 13.5. The Morgan fingerprint density at radius 1 is 1.11 bits per heavy atom. The molecule has 1 aliphatic carbocycles. The van der Waals surface area contributed by atoms with Crippen molar-refractivity contribution in [2.24, 2.45) is 7.05 Å². The quantitative estimate of drug-likeness (QED) is 0.507. The van der Waals surface area contributed by atoms with Gasteiger partial charge >= 0.3 is 0 Å². The zero-order chi connectivity index (χ0) is 25.2. The highest BCUT2D eigenvalue weighted by Crippen LogP contribution is 2.35. The number of carbonyl (C=O) groups excluding carboxylic acids is 1. The van der Waals surface area contributed by atoms with Crippen LogP contribution in [-0.4, -0.2) is 49.8 Å². The van der Waals surface area contributed by atoms with Crippen LogP contribution in [0.25, 0.3) is 11.4 Å². The predicted octanol–water partition coefficient (Wildman–Crippen LogP) is 4.60. The van der Waals surface area contributed by atoms with Gasteiger partial charge in [0.25, 0.3) is 5.91 Å².